The van der Waals surface area contributed by atoms with Gasteiger partial charge in [0.2, 0.25) is 5.88 Å². The van der Waals surface area contributed by atoms with Crippen LogP contribution in [0.1, 0.15) is 17.3 Å². The predicted molar refractivity (Wildman–Crippen MR) is 117 cm³/mol. The lowest BCUT2D eigenvalue weighted by Gasteiger charge is -2.12. The van der Waals surface area contributed by atoms with E-state index in [1.165, 1.54) is 55.0 Å². The Morgan fingerprint density at radius 3 is 2.76 bits per heavy atom. The van der Waals surface area contributed by atoms with Crippen LogP contribution in [0.2, 0.25) is 0 Å². The highest BCUT2D eigenvalue weighted by Crippen LogP contribution is 2.32. The van der Waals surface area contributed by atoms with Crippen molar-refractivity contribution in [3.8, 4) is 23.0 Å². The molecular formula is C23H17N3O7. The van der Waals surface area contributed by atoms with Gasteiger partial charge in [-0.3, -0.25) is 15.1 Å². The SMILES string of the molecule is CCOC(=O)Nc1cc(OC(=O)c2cccnc2)ncc1-c1cc(=O)c2cc(O)ccc2o1. The number of nitrogens with zero attached hydrogens (tertiary/aromatic N) is 2. The summed E-state index contributed by atoms with van der Waals surface area (Å²) in [6.45, 7) is 1.77. The van der Waals surface area contributed by atoms with Crippen molar-refractivity contribution in [2.75, 3.05) is 11.9 Å². The van der Waals surface area contributed by atoms with Gasteiger partial charge in [-0.2, -0.15) is 0 Å². The number of aromatic nitrogens is 2. The molecule has 0 spiro atoms. The number of benzene rings is 1. The van der Waals surface area contributed by atoms with Crippen molar-refractivity contribution in [3.63, 3.8) is 0 Å². The average Bonchev–Trinajstić information content (AvgIpc) is 2.80. The number of aromatic hydroxyl groups is 1. The molecule has 4 rings (SSSR count). The monoisotopic (exact) mass is 447 g/mol. The van der Waals surface area contributed by atoms with Crippen LogP contribution in [0.5, 0.6) is 11.6 Å². The first-order chi connectivity index (χ1) is 15.9. The van der Waals surface area contributed by atoms with Gasteiger partial charge in [-0.05, 0) is 37.3 Å². The maximum Gasteiger partial charge on any atom is 0.411 e. The molecule has 2 N–H and O–H groups in total. The van der Waals surface area contributed by atoms with Crippen molar-refractivity contribution in [2.45, 2.75) is 6.92 Å². The van der Waals surface area contributed by atoms with E-state index < -0.39 is 17.5 Å². The minimum atomic E-state index is -0.762. The van der Waals surface area contributed by atoms with Crippen LogP contribution < -0.4 is 15.5 Å². The van der Waals surface area contributed by atoms with Gasteiger partial charge < -0.3 is 19.0 Å². The lowest BCUT2D eigenvalue weighted by Crippen LogP contribution is -2.15. The van der Waals surface area contributed by atoms with Crippen LogP contribution in [-0.2, 0) is 4.74 Å². The first-order valence-electron chi connectivity index (χ1n) is 9.78. The molecule has 3 aromatic heterocycles. The van der Waals surface area contributed by atoms with Crippen molar-refractivity contribution < 1.29 is 28.6 Å². The van der Waals surface area contributed by atoms with Crippen molar-refractivity contribution in [1.29, 1.82) is 0 Å². The van der Waals surface area contributed by atoms with Crippen molar-refractivity contribution in [2.24, 2.45) is 0 Å². The fraction of sp³-hybridized carbons (Fsp3) is 0.0870. The topological polar surface area (TPSA) is 141 Å². The Kier molecular flexibility index (Phi) is 5.98. The molecular weight excluding hydrogens is 430 g/mol. The molecule has 0 radical (unpaired) electrons. The number of phenolic OH excluding ortho intramolecular Hbond substituents is 1. The van der Waals surface area contributed by atoms with Gasteiger partial charge in [-0.25, -0.2) is 14.6 Å². The molecule has 0 bridgehead atoms. The zero-order valence-electron chi connectivity index (χ0n) is 17.3. The third kappa shape index (κ3) is 4.79. The maximum atomic E-state index is 12.6. The molecule has 0 aliphatic carbocycles. The number of hydrogen-bond acceptors (Lipinski definition) is 9. The third-order valence-electron chi connectivity index (χ3n) is 4.46. The highest BCUT2D eigenvalue weighted by molar-refractivity contribution is 5.93. The Balaban J connectivity index is 1.75. The summed E-state index contributed by atoms with van der Waals surface area (Å²) >= 11 is 0. The van der Waals surface area contributed by atoms with Gasteiger partial charge in [0, 0.05) is 30.7 Å². The van der Waals surface area contributed by atoms with E-state index in [0.29, 0.717) is 0 Å². The summed E-state index contributed by atoms with van der Waals surface area (Å²) in [5.41, 5.74) is 0.419. The summed E-state index contributed by atoms with van der Waals surface area (Å²) in [5, 5.41) is 12.3. The fourth-order valence-corrected chi connectivity index (χ4v) is 2.98. The molecule has 4 aromatic rings. The number of anilines is 1. The Morgan fingerprint density at radius 1 is 1.15 bits per heavy atom. The van der Waals surface area contributed by atoms with Gasteiger partial charge in [0.1, 0.15) is 17.1 Å². The normalized spacial score (nSPS) is 10.6. The molecule has 0 aliphatic rings. The molecule has 10 nitrogen and oxygen atoms in total. The second-order valence-electron chi connectivity index (χ2n) is 6.70. The van der Waals surface area contributed by atoms with Crippen LogP contribution >= 0.6 is 0 Å². The van der Waals surface area contributed by atoms with E-state index in [0.717, 1.165) is 0 Å². The van der Waals surface area contributed by atoms with Crippen LogP contribution in [0.25, 0.3) is 22.3 Å². The fourth-order valence-electron chi connectivity index (χ4n) is 2.98. The molecule has 0 saturated heterocycles. The van der Waals surface area contributed by atoms with Crippen LogP contribution in [0, 0.1) is 0 Å². The summed E-state index contributed by atoms with van der Waals surface area (Å²) in [5.74, 6) is -0.772. The van der Waals surface area contributed by atoms with Crippen LogP contribution in [-0.4, -0.2) is 33.7 Å². The molecule has 33 heavy (non-hydrogen) atoms. The van der Waals surface area contributed by atoms with Gasteiger partial charge in [0.15, 0.2) is 5.43 Å². The van der Waals surface area contributed by atoms with Gasteiger partial charge in [-0.15, -0.1) is 0 Å². The lowest BCUT2D eigenvalue weighted by molar-refractivity contribution is 0.0727. The molecule has 0 atom stereocenters. The molecule has 0 unspecified atom stereocenters. The van der Waals surface area contributed by atoms with Crippen LogP contribution in [0.3, 0.4) is 0 Å². The number of phenols is 1. The van der Waals surface area contributed by atoms with Gasteiger partial charge in [-0.1, -0.05) is 0 Å². The Labute approximate surface area is 186 Å². The summed E-state index contributed by atoms with van der Waals surface area (Å²) in [6.07, 6.45) is 3.39. The molecule has 1 aromatic carbocycles. The Morgan fingerprint density at radius 2 is 2.00 bits per heavy atom. The average molecular weight is 447 g/mol. The number of esters is 1. The number of hydrogen-bond donors (Lipinski definition) is 2. The maximum absolute atomic E-state index is 12.6. The zero-order valence-corrected chi connectivity index (χ0v) is 17.3. The smallest absolute Gasteiger partial charge is 0.411 e. The molecule has 0 fully saturated rings. The van der Waals surface area contributed by atoms with Gasteiger partial charge in [0.05, 0.1) is 28.8 Å². The van der Waals surface area contributed by atoms with Gasteiger partial charge >= 0.3 is 12.1 Å². The summed E-state index contributed by atoms with van der Waals surface area (Å²) in [4.78, 5) is 44.9. The van der Waals surface area contributed by atoms with E-state index in [1.807, 2.05) is 0 Å². The Hall–Kier alpha value is -4.73. The van der Waals surface area contributed by atoms with Crippen LogP contribution in [0.15, 0.2) is 70.3 Å². The molecule has 0 aliphatic heterocycles. The summed E-state index contributed by atoms with van der Waals surface area (Å²) < 4.78 is 16.0. The standard InChI is InChI=1S/C23H17N3O7/c1-2-31-23(30)26-17-9-21(33-22(29)13-4-3-7-24-11-13)25-12-16(17)20-10-18(28)15-8-14(27)5-6-19(15)32-20/h3-12,27H,2H2,1H3,(H,25,26,30). The quantitative estimate of drug-likeness (QED) is 0.438. The minimum absolute atomic E-state index is 0.0753. The van der Waals surface area contributed by atoms with E-state index in [2.05, 4.69) is 15.3 Å². The van der Waals surface area contributed by atoms with E-state index in [1.54, 1.807) is 13.0 Å². The molecule has 166 valence electrons. The van der Waals surface area contributed by atoms with E-state index in [4.69, 9.17) is 13.9 Å². The van der Waals surface area contributed by atoms with Crippen molar-refractivity contribution in [3.05, 3.63) is 76.8 Å². The van der Waals surface area contributed by atoms with E-state index in [9.17, 15) is 19.5 Å². The number of ether oxygens (including phenoxy) is 2. The number of carbonyl (C=O) groups excluding carboxylic acids is 2. The molecule has 10 heteroatoms. The highest BCUT2D eigenvalue weighted by Gasteiger charge is 2.18. The molecule has 3 heterocycles. The predicted octanol–water partition coefficient (Wildman–Crippen LogP) is 3.74. The summed E-state index contributed by atoms with van der Waals surface area (Å²) in [6, 6.07) is 9.75. The van der Waals surface area contributed by atoms with Gasteiger partial charge in [0.25, 0.3) is 0 Å². The second kappa shape index (κ2) is 9.18. The Bertz CT molecular complexity index is 1400. The number of amides is 1. The van der Waals surface area contributed by atoms with E-state index >= 15 is 0 Å². The number of pyridine rings is 2. The number of nitrogens with one attached hydrogen (secondary N) is 1. The molecule has 0 saturated carbocycles. The summed E-state index contributed by atoms with van der Waals surface area (Å²) in [7, 11) is 0. The van der Waals surface area contributed by atoms with Crippen LogP contribution in [0.4, 0.5) is 10.5 Å². The minimum Gasteiger partial charge on any atom is -0.508 e. The van der Waals surface area contributed by atoms with Crippen molar-refractivity contribution in [1.82, 2.24) is 9.97 Å². The van der Waals surface area contributed by atoms with Crippen molar-refractivity contribution >= 4 is 28.7 Å². The second-order valence-corrected chi connectivity index (χ2v) is 6.70. The zero-order chi connectivity index (χ0) is 23.4. The number of carbonyl (C=O) groups is 2. The first kappa shape index (κ1) is 21.5. The first-order valence-corrected chi connectivity index (χ1v) is 9.78. The van der Waals surface area contributed by atoms with E-state index in [-0.39, 0.29) is 51.8 Å². The third-order valence-corrected chi connectivity index (χ3v) is 4.46. The number of fused-ring (bicyclic) bond motifs is 1. The lowest BCUT2D eigenvalue weighted by atomic mass is 10.1. The highest BCUT2D eigenvalue weighted by atomic mass is 16.5. The number of rotatable bonds is 5. The largest absolute Gasteiger partial charge is 0.508 e. The molecule has 1 amide bonds.